The van der Waals surface area contributed by atoms with Crippen molar-refractivity contribution in [1.82, 2.24) is 0 Å². The summed E-state index contributed by atoms with van der Waals surface area (Å²) in [6.07, 6.45) is 2.22. The Bertz CT molecular complexity index is 74.9. The van der Waals surface area contributed by atoms with Gasteiger partial charge in [-0.25, -0.2) is 0 Å². The van der Waals surface area contributed by atoms with Crippen LogP contribution < -0.4 is 0 Å². The Kier molecular flexibility index (Phi) is 2.12. The Labute approximate surface area is 49.7 Å². The van der Waals surface area contributed by atoms with Gasteiger partial charge in [-0.2, -0.15) is 0 Å². The second-order valence-corrected chi connectivity index (χ2v) is 7.55. The normalized spacial score (nSPS) is 16.0. The van der Waals surface area contributed by atoms with Crippen molar-refractivity contribution in [2.45, 2.75) is 0 Å². The Morgan fingerprint density at radius 2 is 2.17 bits per heavy atom. The summed E-state index contributed by atoms with van der Waals surface area (Å²) in [5, 5.41) is 0. The monoisotopic (exact) mass is 200 g/mol. The SMILES string of the molecule is C1=[CH][Ge]=[CH][Ge]=[CH]1. The predicted molar refractivity (Wildman–Crippen MR) is 32.8 cm³/mol. The van der Waals surface area contributed by atoms with Crippen LogP contribution in [0.1, 0.15) is 0 Å². The van der Waals surface area contributed by atoms with E-state index in [1.165, 1.54) is 0 Å². The Morgan fingerprint density at radius 3 is 2.33 bits per heavy atom. The van der Waals surface area contributed by atoms with Gasteiger partial charge in [-0.3, -0.25) is 0 Å². The molecule has 0 aliphatic carbocycles. The van der Waals surface area contributed by atoms with Crippen LogP contribution in [-0.2, 0) is 0 Å². The molecule has 0 saturated heterocycles. The summed E-state index contributed by atoms with van der Waals surface area (Å²) >= 11 is 0.653. The summed E-state index contributed by atoms with van der Waals surface area (Å²) < 4.78 is 2.50. The first-order chi connectivity index (χ1) is 3.00. The van der Waals surface area contributed by atoms with E-state index in [-0.39, 0.29) is 0 Å². The van der Waals surface area contributed by atoms with Gasteiger partial charge in [0.25, 0.3) is 0 Å². The molecule has 1 heterocycles. The van der Waals surface area contributed by atoms with E-state index in [2.05, 4.69) is 19.5 Å². The third-order valence-corrected chi connectivity index (χ3v) is 6.50. The average Bonchev–Trinajstić information content (AvgIpc) is 1.72. The molecule has 6 heavy (non-hydrogen) atoms. The van der Waals surface area contributed by atoms with E-state index in [0.29, 0.717) is 30.0 Å². The van der Waals surface area contributed by atoms with E-state index in [0.717, 1.165) is 0 Å². The van der Waals surface area contributed by atoms with Gasteiger partial charge in [0, 0.05) is 0 Å². The van der Waals surface area contributed by atoms with Crippen molar-refractivity contribution < 1.29 is 0 Å². The molecule has 0 N–H and O–H groups in total. The molecule has 1 rings (SSSR count). The second-order valence-electron chi connectivity index (χ2n) is 1.00. The van der Waals surface area contributed by atoms with Gasteiger partial charge in [0.2, 0.25) is 0 Å². The van der Waals surface area contributed by atoms with E-state index in [4.69, 9.17) is 0 Å². The molecule has 0 atom stereocenters. The third kappa shape index (κ3) is 1.35. The second kappa shape index (κ2) is 2.69. The fraction of sp³-hybridized carbons (Fsp3) is 0. The molecular formula is C4H4Ge2. The van der Waals surface area contributed by atoms with Crippen LogP contribution in [0, 0.1) is 0 Å². The van der Waals surface area contributed by atoms with Crippen LogP contribution in [0.2, 0.25) is 0 Å². The van der Waals surface area contributed by atoms with Gasteiger partial charge in [-0.1, -0.05) is 0 Å². The molecule has 0 aromatic rings. The molecule has 2 radical (unpaired) electrons. The maximum atomic E-state index is 2.50. The van der Waals surface area contributed by atoms with Crippen LogP contribution in [0.25, 0.3) is 0 Å². The molecule has 0 fully saturated rings. The van der Waals surface area contributed by atoms with Crippen LogP contribution in [0.3, 0.4) is 0 Å². The summed E-state index contributed by atoms with van der Waals surface area (Å²) in [5.41, 5.74) is 0. The summed E-state index contributed by atoms with van der Waals surface area (Å²) in [7, 11) is 0. The van der Waals surface area contributed by atoms with Crippen LogP contribution >= 0.6 is 0 Å². The van der Waals surface area contributed by atoms with E-state index in [1.807, 2.05) is 0 Å². The van der Waals surface area contributed by atoms with Crippen LogP contribution in [-0.4, -0.2) is 38.5 Å². The van der Waals surface area contributed by atoms with E-state index >= 15 is 0 Å². The van der Waals surface area contributed by atoms with E-state index in [9.17, 15) is 0 Å². The zero-order valence-corrected chi connectivity index (χ0v) is 7.51. The molecule has 0 saturated carbocycles. The summed E-state index contributed by atoms with van der Waals surface area (Å²) in [6, 6.07) is 0. The van der Waals surface area contributed by atoms with Gasteiger partial charge in [0.15, 0.2) is 0 Å². The Hall–Kier alpha value is 0.566. The fourth-order valence-electron chi connectivity index (χ4n) is 0.304. The van der Waals surface area contributed by atoms with Crippen molar-refractivity contribution in [3.05, 3.63) is 11.0 Å². The van der Waals surface area contributed by atoms with Crippen molar-refractivity contribution in [3.63, 3.8) is 0 Å². The van der Waals surface area contributed by atoms with Gasteiger partial charge in [-0.05, 0) is 0 Å². The number of hydrogen-bond acceptors (Lipinski definition) is 0. The molecule has 1 aliphatic rings. The minimum atomic E-state index is 0.326. The average molecular weight is 197 g/mol. The van der Waals surface area contributed by atoms with E-state index in [1.54, 1.807) is 0 Å². The molecule has 0 spiro atoms. The zero-order valence-electron chi connectivity index (χ0n) is 3.31. The first kappa shape index (κ1) is 4.72. The van der Waals surface area contributed by atoms with Gasteiger partial charge in [0.1, 0.15) is 0 Å². The summed E-state index contributed by atoms with van der Waals surface area (Å²) in [6.45, 7) is 0. The molecule has 0 amide bonds. The van der Waals surface area contributed by atoms with Gasteiger partial charge in [-0.15, -0.1) is 0 Å². The molecule has 0 nitrogen and oxygen atoms in total. The van der Waals surface area contributed by atoms with Crippen molar-refractivity contribution in [2.75, 3.05) is 0 Å². The van der Waals surface area contributed by atoms with Gasteiger partial charge in [0.05, 0.1) is 0 Å². The number of rotatable bonds is 0. The molecule has 2 heteroatoms. The van der Waals surface area contributed by atoms with Crippen LogP contribution in [0.4, 0.5) is 0 Å². The molecule has 0 bridgehead atoms. The van der Waals surface area contributed by atoms with Crippen LogP contribution in [0.5, 0.6) is 0 Å². The molecule has 28 valence electrons. The van der Waals surface area contributed by atoms with Crippen molar-refractivity contribution >= 4 is 38.5 Å². The topological polar surface area (TPSA) is 0 Å². The van der Waals surface area contributed by atoms with Crippen molar-refractivity contribution in [1.29, 1.82) is 0 Å². The Morgan fingerprint density at radius 1 is 1.17 bits per heavy atom. The molecule has 0 aromatic heterocycles. The third-order valence-electron chi connectivity index (χ3n) is 0.552. The predicted octanol–water partition coefficient (Wildman–Crippen LogP) is -0.516. The standard InChI is InChI=1S/C4H4Ge2/c1-2-5-4-6-3-1/h1-4H. The minimum absolute atomic E-state index is 0.326. The molecular weight excluding hydrogens is 193 g/mol. The summed E-state index contributed by atoms with van der Waals surface area (Å²) in [5.74, 6) is 0. The first-order valence-corrected chi connectivity index (χ1v) is 6.67. The van der Waals surface area contributed by atoms with E-state index < -0.39 is 0 Å². The molecule has 1 aliphatic heterocycles. The fourth-order valence-corrected chi connectivity index (χ4v) is 5.77. The summed E-state index contributed by atoms with van der Waals surface area (Å²) in [4.78, 5) is 4.62. The Balaban J connectivity index is 2.77. The first-order valence-electron chi connectivity index (χ1n) is 1.82. The number of hydrogen-bond donors (Lipinski definition) is 0. The van der Waals surface area contributed by atoms with Crippen molar-refractivity contribution in [2.24, 2.45) is 0 Å². The van der Waals surface area contributed by atoms with Gasteiger partial charge < -0.3 is 0 Å². The van der Waals surface area contributed by atoms with Gasteiger partial charge >= 0.3 is 49.5 Å². The zero-order chi connectivity index (χ0) is 4.24. The number of allylic oxidation sites excluding steroid dienone is 1. The molecule has 0 unspecified atom stereocenters. The van der Waals surface area contributed by atoms with Crippen molar-refractivity contribution in [3.8, 4) is 0 Å². The quantitative estimate of drug-likeness (QED) is 0.459. The maximum absolute atomic E-state index is 2.50. The van der Waals surface area contributed by atoms with Crippen LogP contribution in [0.15, 0.2) is 11.0 Å². The molecule has 0 aromatic carbocycles.